The summed E-state index contributed by atoms with van der Waals surface area (Å²) in [5, 5.41) is 0.824. The zero-order valence-electron chi connectivity index (χ0n) is 17.5. The highest BCUT2D eigenvalue weighted by Gasteiger charge is 2.40. The maximum absolute atomic E-state index is 13.5. The highest BCUT2D eigenvalue weighted by Crippen LogP contribution is 2.36. The van der Waals surface area contributed by atoms with Gasteiger partial charge in [0.25, 0.3) is 0 Å². The van der Waals surface area contributed by atoms with Crippen molar-refractivity contribution in [3.05, 3.63) is 75.7 Å². The maximum atomic E-state index is 13.5. The van der Waals surface area contributed by atoms with Gasteiger partial charge in [-0.3, -0.25) is 0 Å². The molecular formula is C24H24IN3O2S. The topological polar surface area (TPSA) is 55.2 Å². The SMILES string of the molecule is CN1CCc2ccc(-c3cnc4c(ccn4S(=O)(=O)C4(C)C=CC=C(I)C4)c3)cc2C1. The Morgan fingerprint density at radius 2 is 1.97 bits per heavy atom. The van der Waals surface area contributed by atoms with Crippen molar-refractivity contribution in [2.24, 2.45) is 0 Å². The highest BCUT2D eigenvalue weighted by molar-refractivity contribution is 14.1. The Bertz CT molecular complexity index is 1360. The smallest absolute Gasteiger partial charge is 0.249 e. The molecule has 0 N–H and O–H groups in total. The van der Waals surface area contributed by atoms with E-state index in [1.54, 1.807) is 25.4 Å². The van der Waals surface area contributed by atoms with Gasteiger partial charge in [0, 0.05) is 42.9 Å². The molecule has 1 aromatic carbocycles. The van der Waals surface area contributed by atoms with E-state index in [0.29, 0.717) is 12.1 Å². The third kappa shape index (κ3) is 3.56. The van der Waals surface area contributed by atoms with Crippen molar-refractivity contribution in [3.63, 3.8) is 0 Å². The van der Waals surface area contributed by atoms with Crippen LogP contribution in [0.5, 0.6) is 0 Å². The van der Waals surface area contributed by atoms with Gasteiger partial charge in [0.05, 0.1) is 0 Å². The molecule has 1 aliphatic heterocycles. The van der Waals surface area contributed by atoms with Crippen LogP contribution in [0.4, 0.5) is 0 Å². The first-order valence-corrected chi connectivity index (χ1v) is 12.9. The Labute approximate surface area is 196 Å². The number of fused-ring (bicyclic) bond motifs is 2. The van der Waals surface area contributed by atoms with Gasteiger partial charge in [0.15, 0.2) is 5.65 Å². The summed E-state index contributed by atoms with van der Waals surface area (Å²) in [6.45, 7) is 3.81. The predicted molar refractivity (Wildman–Crippen MR) is 134 cm³/mol. The minimum atomic E-state index is -3.66. The molecule has 0 saturated carbocycles. The van der Waals surface area contributed by atoms with Crippen LogP contribution in [0, 0.1) is 0 Å². The fourth-order valence-electron chi connectivity index (χ4n) is 4.44. The number of nitrogens with zero attached hydrogens (tertiary/aromatic N) is 3. The van der Waals surface area contributed by atoms with Crippen LogP contribution >= 0.6 is 22.6 Å². The second-order valence-electron chi connectivity index (χ2n) is 8.69. The van der Waals surface area contributed by atoms with E-state index in [1.807, 2.05) is 24.3 Å². The van der Waals surface area contributed by atoms with Gasteiger partial charge in [-0.1, -0.05) is 30.4 Å². The molecule has 160 valence electrons. The Kier molecular flexibility index (Phi) is 5.10. The minimum absolute atomic E-state index is 0.466. The van der Waals surface area contributed by atoms with Gasteiger partial charge in [0.2, 0.25) is 10.0 Å². The normalized spacial score (nSPS) is 21.8. The van der Waals surface area contributed by atoms with Gasteiger partial charge < -0.3 is 4.90 Å². The summed E-state index contributed by atoms with van der Waals surface area (Å²) in [6.07, 6.45) is 10.5. The molecule has 7 heteroatoms. The Hall–Kier alpha value is -1.97. The van der Waals surface area contributed by atoms with E-state index in [2.05, 4.69) is 57.7 Å². The molecule has 0 fully saturated rings. The van der Waals surface area contributed by atoms with E-state index in [-0.39, 0.29) is 0 Å². The summed E-state index contributed by atoms with van der Waals surface area (Å²) in [4.78, 5) is 6.92. The summed E-state index contributed by atoms with van der Waals surface area (Å²) in [5.41, 5.74) is 5.35. The van der Waals surface area contributed by atoms with Crippen molar-refractivity contribution in [2.45, 2.75) is 31.1 Å². The second kappa shape index (κ2) is 7.56. The van der Waals surface area contributed by atoms with Crippen LogP contribution in [-0.4, -0.2) is 40.6 Å². The van der Waals surface area contributed by atoms with Gasteiger partial charge in [-0.2, -0.15) is 0 Å². The molecule has 5 nitrogen and oxygen atoms in total. The van der Waals surface area contributed by atoms with Crippen LogP contribution in [0.2, 0.25) is 0 Å². The van der Waals surface area contributed by atoms with Crippen molar-refractivity contribution >= 4 is 43.6 Å². The lowest BCUT2D eigenvalue weighted by Crippen LogP contribution is -2.38. The summed E-state index contributed by atoms with van der Waals surface area (Å²) >= 11 is 2.20. The van der Waals surface area contributed by atoms with E-state index >= 15 is 0 Å². The molecule has 1 unspecified atom stereocenters. The van der Waals surface area contributed by atoms with E-state index in [1.165, 1.54) is 15.1 Å². The van der Waals surface area contributed by atoms with Crippen molar-refractivity contribution in [1.82, 2.24) is 13.9 Å². The fraction of sp³-hybridized carbons (Fsp3) is 0.292. The number of hydrogen-bond acceptors (Lipinski definition) is 4. The van der Waals surface area contributed by atoms with Crippen LogP contribution in [0.15, 0.2) is 64.5 Å². The fourth-order valence-corrected chi connectivity index (χ4v) is 7.34. The zero-order chi connectivity index (χ0) is 21.8. The highest BCUT2D eigenvalue weighted by atomic mass is 127. The van der Waals surface area contributed by atoms with Gasteiger partial charge >= 0.3 is 0 Å². The standard InChI is InChI=1S/C24H24IN3O2S/c1-24(9-3-4-22(25)14-24)31(29,30)28-11-8-19-13-20(15-26-23(19)28)18-6-5-17-7-10-27(2)16-21(17)12-18/h3-6,8-9,11-13,15H,7,10,14,16H2,1-2H3. The number of allylic oxidation sites excluding steroid dienone is 3. The van der Waals surface area contributed by atoms with Gasteiger partial charge in [0.1, 0.15) is 4.75 Å². The third-order valence-corrected chi connectivity index (χ3v) is 9.34. The first-order valence-electron chi connectivity index (χ1n) is 10.3. The summed E-state index contributed by atoms with van der Waals surface area (Å²) < 4.78 is 28.4. The van der Waals surface area contributed by atoms with E-state index in [9.17, 15) is 8.42 Å². The van der Waals surface area contributed by atoms with Crippen molar-refractivity contribution < 1.29 is 8.42 Å². The lowest BCUT2D eigenvalue weighted by Gasteiger charge is -2.28. The number of hydrogen-bond donors (Lipinski definition) is 0. The second-order valence-corrected chi connectivity index (χ2v) is 12.3. The molecular weight excluding hydrogens is 521 g/mol. The summed E-state index contributed by atoms with van der Waals surface area (Å²) in [5.74, 6) is 0. The number of halogens is 1. The van der Waals surface area contributed by atoms with Crippen molar-refractivity contribution in [3.8, 4) is 11.1 Å². The van der Waals surface area contributed by atoms with E-state index < -0.39 is 14.8 Å². The van der Waals surface area contributed by atoms with E-state index in [4.69, 9.17) is 0 Å². The number of rotatable bonds is 3. The molecule has 3 aromatic rings. The molecule has 0 spiro atoms. The summed E-state index contributed by atoms with van der Waals surface area (Å²) in [6, 6.07) is 10.5. The van der Waals surface area contributed by atoms with Gasteiger partial charge in [-0.25, -0.2) is 17.4 Å². The first kappa shape index (κ1) is 20.9. The van der Waals surface area contributed by atoms with Crippen LogP contribution in [0.25, 0.3) is 22.2 Å². The molecule has 5 rings (SSSR count). The quantitative estimate of drug-likeness (QED) is 0.440. The van der Waals surface area contributed by atoms with Gasteiger partial charge in [-0.05, 0) is 81.5 Å². The average Bonchev–Trinajstić information content (AvgIpc) is 3.17. The monoisotopic (exact) mass is 545 g/mol. The van der Waals surface area contributed by atoms with Crippen LogP contribution in [0.1, 0.15) is 24.5 Å². The lowest BCUT2D eigenvalue weighted by atomic mass is 9.95. The van der Waals surface area contributed by atoms with Gasteiger partial charge in [-0.15, -0.1) is 0 Å². The van der Waals surface area contributed by atoms with Crippen molar-refractivity contribution in [1.29, 1.82) is 0 Å². The minimum Gasteiger partial charge on any atom is -0.302 e. The zero-order valence-corrected chi connectivity index (χ0v) is 20.5. The maximum Gasteiger partial charge on any atom is 0.249 e. The van der Waals surface area contributed by atoms with E-state index in [0.717, 1.165) is 39.6 Å². The molecule has 0 saturated heterocycles. The first-order chi connectivity index (χ1) is 14.8. The number of benzene rings is 1. The number of likely N-dealkylation sites (N-methyl/N-ethyl adjacent to an activating group) is 1. The van der Waals surface area contributed by atoms with Crippen LogP contribution < -0.4 is 0 Å². The average molecular weight is 545 g/mol. The van der Waals surface area contributed by atoms with Crippen LogP contribution in [0.3, 0.4) is 0 Å². The molecule has 2 aliphatic rings. The molecule has 1 atom stereocenters. The third-order valence-electron chi connectivity index (χ3n) is 6.33. The largest absolute Gasteiger partial charge is 0.302 e. The number of pyridine rings is 1. The van der Waals surface area contributed by atoms with Crippen molar-refractivity contribution in [2.75, 3.05) is 13.6 Å². The molecule has 0 bridgehead atoms. The lowest BCUT2D eigenvalue weighted by molar-refractivity contribution is 0.313. The molecule has 1 aliphatic carbocycles. The predicted octanol–water partition coefficient (Wildman–Crippen LogP) is 4.91. The Balaban J connectivity index is 1.54. The molecule has 0 amide bonds. The summed E-state index contributed by atoms with van der Waals surface area (Å²) in [7, 11) is -1.51. The Morgan fingerprint density at radius 3 is 2.77 bits per heavy atom. The molecule has 0 radical (unpaired) electrons. The molecule has 3 heterocycles. The van der Waals surface area contributed by atoms with Crippen LogP contribution in [-0.2, 0) is 23.0 Å². The molecule has 2 aromatic heterocycles. The number of aromatic nitrogens is 2. The Morgan fingerprint density at radius 1 is 1.13 bits per heavy atom. The molecule has 31 heavy (non-hydrogen) atoms.